The van der Waals surface area contributed by atoms with Crippen LogP contribution in [0.25, 0.3) is 6.08 Å². The molecule has 0 unspecified atom stereocenters. The summed E-state index contributed by atoms with van der Waals surface area (Å²) < 4.78 is 32.2. The van der Waals surface area contributed by atoms with E-state index in [4.69, 9.17) is 4.42 Å². The summed E-state index contributed by atoms with van der Waals surface area (Å²) in [6.07, 6.45) is 4.89. The number of carbonyl (C=O) groups excluding carboxylic acids is 1. The lowest BCUT2D eigenvalue weighted by molar-refractivity contribution is -0.116. The Labute approximate surface area is 179 Å². The lowest BCUT2D eigenvalue weighted by Crippen LogP contribution is -2.23. The molecule has 0 radical (unpaired) electrons. The molecule has 3 rings (SSSR count). The molecular formula is C22H22N2O6S. The summed E-state index contributed by atoms with van der Waals surface area (Å²) >= 11 is 0. The molecule has 31 heavy (non-hydrogen) atoms. The number of nitrogens with one attached hydrogen (secondary N) is 2. The molecule has 0 saturated carbocycles. The minimum absolute atomic E-state index is 0.0565. The van der Waals surface area contributed by atoms with E-state index in [0.717, 1.165) is 5.56 Å². The summed E-state index contributed by atoms with van der Waals surface area (Å²) in [4.78, 5) is 12.1. The van der Waals surface area contributed by atoms with Gasteiger partial charge >= 0.3 is 0 Å². The van der Waals surface area contributed by atoms with Crippen LogP contribution in [0.3, 0.4) is 0 Å². The maximum atomic E-state index is 12.3. The second-order valence-electron chi connectivity index (χ2n) is 6.67. The summed E-state index contributed by atoms with van der Waals surface area (Å²) in [5, 5.41) is 21.5. The topological polar surface area (TPSA) is 129 Å². The summed E-state index contributed by atoms with van der Waals surface area (Å²) in [7, 11) is -3.68. The van der Waals surface area contributed by atoms with Crippen molar-refractivity contribution in [2.75, 3.05) is 6.54 Å². The van der Waals surface area contributed by atoms with Gasteiger partial charge in [-0.25, -0.2) is 13.1 Å². The average molecular weight is 442 g/mol. The van der Waals surface area contributed by atoms with Gasteiger partial charge in [-0.1, -0.05) is 18.2 Å². The highest BCUT2D eigenvalue weighted by atomic mass is 32.2. The Morgan fingerprint density at radius 1 is 1.03 bits per heavy atom. The fourth-order valence-corrected chi connectivity index (χ4v) is 3.70. The van der Waals surface area contributed by atoms with Gasteiger partial charge in [-0.3, -0.25) is 4.79 Å². The lowest BCUT2D eigenvalue weighted by atomic mass is 10.1. The maximum absolute atomic E-state index is 12.3. The van der Waals surface area contributed by atoms with Gasteiger partial charge in [0.2, 0.25) is 15.9 Å². The van der Waals surface area contributed by atoms with E-state index in [1.807, 2.05) is 0 Å². The van der Waals surface area contributed by atoms with Gasteiger partial charge < -0.3 is 19.9 Å². The number of carbonyl (C=O) groups is 1. The van der Waals surface area contributed by atoms with Crippen molar-refractivity contribution in [2.45, 2.75) is 17.9 Å². The molecule has 1 amide bonds. The van der Waals surface area contributed by atoms with Crippen molar-refractivity contribution < 1.29 is 27.8 Å². The van der Waals surface area contributed by atoms with Crippen molar-refractivity contribution in [1.29, 1.82) is 0 Å². The molecule has 0 saturated heterocycles. The van der Waals surface area contributed by atoms with Crippen molar-refractivity contribution in [3.05, 3.63) is 83.8 Å². The zero-order chi connectivity index (χ0) is 22.3. The second-order valence-corrected chi connectivity index (χ2v) is 8.44. The number of rotatable bonds is 9. The minimum atomic E-state index is -3.68. The third-order valence-corrected chi connectivity index (χ3v) is 5.80. The number of phenolic OH excluding ortho intramolecular Hbond substituents is 2. The number of sulfonamides is 1. The van der Waals surface area contributed by atoms with Gasteiger partial charge in [0, 0.05) is 12.6 Å². The molecule has 0 aliphatic heterocycles. The van der Waals surface area contributed by atoms with Gasteiger partial charge in [0.25, 0.3) is 0 Å². The Morgan fingerprint density at radius 2 is 1.81 bits per heavy atom. The van der Waals surface area contributed by atoms with E-state index in [9.17, 15) is 23.4 Å². The fraction of sp³-hybridized carbons (Fsp3) is 0.136. The van der Waals surface area contributed by atoms with Crippen LogP contribution in [0.1, 0.15) is 16.9 Å². The van der Waals surface area contributed by atoms with Crippen LogP contribution in [0, 0.1) is 0 Å². The van der Waals surface area contributed by atoms with Crippen LogP contribution in [0.2, 0.25) is 0 Å². The van der Waals surface area contributed by atoms with Gasteiger partial charge in [-0.2, -0.15) is 0 Å². The quantitative estimate of drug-likeness (QED) is 0.298. The third-order valence-electron chi connectivity index (χ3n) is 4.39. The van der Waals surface area contributed by atoms with Crippen molar-refractivity contribution in [3.8, 4) is 11.5 Å². The van der Waals surface area contributed by atoms with E-state index in [2.05, 4.69) is 10.0 Å². The number of hydrogen-bond donors (Lipinski definition) is 4. The van der Waals surface area contributed by atoms with Crippen molar-refractivity contribution >= 4 is 22.0 Å². The van der Waals surface area contributed by atoms with Crippen molar-refractivity contribution in [1.82, 2.24) is 10.0 Å². The molecule has 0 aliphatic carbocycles. The van der Waals surface area contributed by atoms with E-state index >= 15 is 0 Å². The number of hydrogen-bond acceptors (Lipinski definition) is 6. The van der Waals surface area contributed by atoms with Crippen LogP contribution >= 0.6 is 0 Å². The van der Waals surface area contributed by atoms with Crippen LogP contribution in [-0.2, 0) is 27.8 Å². The maximum Gasteiger partial charge on any atom is 0.244 e. The molecule has 4 N–H and O–H groups in total. The molecular weight excluding hydrogens is 420 g/mol. The molecule has 9 heteroatoms. The van der Waals surface area contributed by atoms with Crippen LogP contribution in [0.15, 0.2) is 76.2 Å². The minimum Gasteiger partial charge on any atom is -0.504 e. The van der Waals surface area contributed by atoms with Crippen molar-refractivity contribution in [2.24, 2.45) is 0 Å². The first-order valence-electron chi connectivity index (χ1n) is 9.42. The normalized spacial score (nSPS) is 11.6. The molecule has 162 valence electrons. The monoisotopic (exact) mass is 442 g/mol. The summed E-state index contributed by atoms with van der Waals surface area (Å²) in [5.41, 5.74) is 1.45. The average Bonchev–Trinajstić information content (AvgIpc) is 3.28. The third kappa shape index (κ3) is 6.46. The summed E-state index contributed by atoms with van der Waals surface area (Å²) in [6.45, 7) is 0.410. The van der Waals surface area contributed by atoms with Gasteiger partial charge in [-0.15, -0.1) is 0 Å². The molecule has 1 heterocycles. The molecule has 0 aliphatic rings. The van der Waals surface area contributed by atoms with Crippen LogP contribution in [-0.4, -0.2) is 31.1 Å². The molecule has 0 fully saturated rings. The smallest absolute Gasteiger partial charge is 0.244 e. The first-order valence-corrected chi connectivity index (χ1v) is 10.9. The Kier molecular flexibility index (Phi) is 7.11. The number of benzene rings is 2. The second kappa shape index (κ2) is 9.96. The SMILES string of the molecule is O=C(C=Cc1ccc(S(=O)(=O)NCc2ccco2)cc1)NCCc1ccc(O)c(O)c1. The first-order chi connectivity index (χ1) is 14.8. The van der Waals surface area contributed by atoms with Crippen molar-refractivity contribution in [3.63, 3.8) is 0 Å². The highest BCUT2D eigenvalue weighted by Gasteiger charge is 2.14. The largest absolute Gasteiger partial charge is 0.504 e. The van der Waals surface area contributed by atoms with E-state index in [0.29, 0.717) is 24.3 Å². The lowest BCUT2D eigenvalue weighted by Gasteiger charge is -2.06. The Hall–Kier alpha value is -3.56. The Bertz CT molecular complexity index is 1150. The number of furan rings is 1. The molecule has 1 aromatic heterocycles. The van der Waals surface area contributed by atoms with E-state index in [-0.39, 0.29) is 28.8 Å². The number of phenols is 2. The van der Waals surface area contributed by atoms with Crippen LogP contribution in [0.4, 0.5) is 0 Å². The molecule has 0 bridgehead atoms. The Morgan fingerprint density at radius 3 is 2.48 bits per heavy atom. The zero-order valence-electron chi connectivity index (χ0n) is 16.5. The highest BCUT2D eigenvalue weighted by molar-refractivity contribution is 7.89. The first kappa shape index (κ1) is 22.1. The van der Waals surface area contributed by atoms with Gasteiger partial charge in [0.05, 0.1) is 17.7 Å². The van der Waals surface area contributed by atoms with Gasteiger partial charge in [0.15, 0.2) is 11.5 Å². The standard InChI is InChI=1S/C22H22N2O6S/c25-20-9-5-17(14-21(20)26)11-12-23-22(27)10-6-16-3-7-19(8-4-16)31(28,29)24-15-18-2-1-13-30-18/h1-10,13-14,24-26H,11-12,15H2,(H,23,27). The predicted octanol–water partition coefficient (Wildman–Crippen LogP) is 2.54. The molecule has 8 nitrogen and oxygen atoms in total. The molecule has 0 spiro atoms. The van der Waals surface area contributed by atoms with Crippen LogP contribution in [0.5, 0.6) is 11.5 Å². The van der Waals surface area contributed by atoms with E-state index in [1.165, 1.54) is 36.6 Å². The summed E-state index contributed by atoms with van der Waals surface area (Å²) in [6, 6.07) is 14.0. The fourth-order valence-electron chi connectivity index (χ4n) is 2.71. The highest BCUT2D eigenvalue weighted by Crippen LogP contribution is 2.24. The number of aromatic hydroxyl groups is 2. The van der Waals surface area contributed by atoms with E-state index < -0.39 is 10.0 Å². The van der Waals surface area contributed by atoms with E-state index in [1.54, 1.807) is 36.4 Å². The molecule has 0 atom stereocenters. The van der Waals surface area contributed by atoms with Gasteiger partial charge in [-0.05, 0) is 60.0 Å². The van der Waals surface area contributed by atoms with Gasteiger partial charge in [0.1, 0.15) is 5.76 Å². The zero-order valence-corrected chi connectivity index (χ0v) is 17.3. The number of amides is 1. The molecule has 3 aromatic rings. The molecule has 2 aromatic carbocycles. The predicted molar refractivity (Wildman–Crippen MR) is 115 cm³/mol. The van der Waals surface area contributed by atoms with Crippen LogP contribution < -0.4 is 10.0 Å². The summed E-state index contributed by atoms with van der Waals surface area (Å²) in [5.74, 6) is -0.190. The Balaban J connectivity index is 1.49.